The first-order valence-electron chi connectivity index (χ1n) is 9.08. The number of ether oxygens (including phenoxy) is 4. The molecular formula is C24H20O5. The van der Waals surface area contributed by atoms with Crippen molar-refractivity contribution in [3.05, 3.63) is 77.4 Å². The number of carbonyl (C=O) groups is 1. The molecule has 0 fully saturated rings. The van der Waals surface area contributed by atoms with Crippen molar-refractivity contribution in [1.82, 2.24) is 0 Å². The lowest BCUT2D eigenvalue weighted by molar-refractivity contribution is -0.130. The normalized spacial score (nSPS) is 14.7. The lowest BCUT2D eigenvalue weighted by atomic mass is 10.0. The van der Waals surface area contributed by atoms with Crippen LogP contribution in [-0.2, 0) is 9.53 Å². The quantitative estimate of drug-likeness (QED) is 0.462. The molecule has 5 heteroatoms. The van der Waals surface area contributed by atoms with Crippen molar-refractivity contribution in [2.75, 3.05) is 21.3 Å². The van der Waals surface area contributed by atoms with Crippen molar-refractivity contribution in [1.29, 1.82) is 0 Å². The van der Waals surface area contributed by atoms with E-state index in [9.17, 15) is 4.79 Å². The summed E-state index contributed by atoms with van der Waals surface area (Å²) >= 11 is 0. The topological polar surface area (TPSA) is 54.0 Å². The zero-order valence-corrected chi connectivity index (χ0v) is 16.4. The highest BCUT2D eigenvalue weighted by Gasteiger charge is 2.25. The van der Waals surface area contributed by atoms with E-state index in [1.54, 1.807) is 51.7 Å². The van der Waals surface area contributed by atoms with Gasteiger partial charge in [0.15, 0.2) is 0 Å². The van der Waals surface area contributed by atoms with Crippen LogP contribution in [0, 0.1) is 0 Å². The number of esters is 1. The smallest absolute Gasteiger partial charge is 0.343 e. The van der Waals surface area contributed by atoms with Crippen LogP contribution in [0.5, 0.6) is 17.2 Å². The first kappa shape index (κ1) is 18.6. The summed E-state index contributed by atoms with van der Waals surface area (Å²) in [7, 11) is 4.76. The molecule has 0 amide bonds. The second-order valence-corrected chi connectivity index (χ2v) is 6.47. The fraction of sp³-hybridized carbons (Fsp3) is 0.125. The van der Waals surface area contributed by atoms with Gasteiger partial charge in [0, 0.05) is 5.56 Å². The van der Waals surface area contributed by atoms with Crippen LogP contribution in [0.2, 0.25) is 0 Å². The highest BCUT2D eigenvalue weighted by Crippen LogP contribution is 2.37. The molecule has 0 bridgehead atoms. The Morgan fingerprint density at radius 2 is 1.62 bits per heavy atom. The number of hydrogen-bond donors (Lipinski definition) is 0. The fourth-order valence-corrected chi connectivity index (χ4v) is 3.39. The highest BCUT2D eigenvalue weighted by molar-refractivity contribution is 6.07. The van der Waals surface area contributed by atoms with E-state index in [-0.39, 0.29) is 0 Å². The van der Waals surface area contributed by atoms with Gasteiger partial charge in [-0.15, -0.1) is 0 Å². The Hall–Kier alpha value is -3.73. The molecule has 1 aliphatic heterocycles. The lowest BCUT2D eigenvalue weighted by Gasteiger charge is -2.10. The van der Waals surface area contributed by atoms with Crippen molar-refractivity contribution in [3.8, 4) is 17.2 Å². The van der Waals surface area contributed by atoms with Gasteiger partial charge in [-0.05, 0) is 47.2 Å². The first-order valence-corrected chi connectivity index (χ1v) is 9.08. The largest absolute Gasteiger partial charge is 0.497 e. The van der Waals surface area contributed by atoms with E-state index in [4.69, 9.17) is 18.9 Å². The van der Waals surface area contributed by atoms with Gasteiger partial charge in [-0.1, -0.05) is 30.3 Å². The number of methoxy groups -OCH3 is 3. The van der Waals surface area contributed by atoms with Gasteiger partial charge in [-0.3, -0.25) is 0 Å². The predicted octanol–water partition coefficient (Wildman–Crippen LogP) is 4.85. The van der Waals surface area contributed by atoms with Gasteiger partial charge in [0.25, 0.3) is 0 Å². The number of benzene rings is 3. The summed E-state index contributed by atoms with van der Waals surface area (Å²) in [4.78, 5) is 12.6. The third-order valence-corrected chi connectivity index (χ3v) is 4.85. The van der Waals surface area contributed by atoms with E-state index in [0.29, 0.717) is 34.1 Å². The standard InChI is InChI=1S/C24H20O5/c1-26-17-9-11-22(28-3)20(14-17)23-13-16(24(25)29-23)12-19-18-7-5-4-6-15(18)8-10-21(19)27-2/h4-14H,1-3H3. The second-order valence-electron chi connectivity index (χ2n) is 6.47. The van der Waals surface area contributed by atoms with E-state index in [0.717, 1.165) is 16.3 Å². The number of carbonyl (C=O) groups excluding carboxylic acids is 1. The van der Waals surface area contributed by atoms with E-state index >= 15 is 0 Å². The van der Waals surface area contributed by atoms with E-state index < -0.39 is 5.97 Å². The zero-order chi connectivity index (χ0) is 20.4. The van der Waals surface area contributed by atoms with Crippen molar-refractivity contribution in [3.63, 3.8) is 0 Å². The molecule has 3 aromatic rings. The van der Waals surface area contributed by atoms with Crippen molar-refractivity contribution >= 4 is 28.6 Å². The molecule has 0 aliphatic carbocycles. The summed E-state index contributed by atoms with van der Waals surface area (Å²) in [6.07, 6.45) is 3.50. The summed E-state index contributed by atoms with van der Waals surface area (Å²) in [5, 5.41) is 2.05. The molecule has 0 unspecified atom stereocenters. The van der Waals surface area contributed by atoms with Crippen LogP contribution in [0.3, 0.4) is 0 Å². The summed E-state index contributed by atoms with van der Waals surface area (Å²) in [5.74, 6) is 1.90. The maximum absolute atomic E-state index is 12.6. The van der Waals surface area contributed by atoms with Gasteiger partial charge >= 0.3 is 5.97 Å². The molecular weight excluding hydrogens is 368 g/mol. The average molecular weight is 388 g/mol. The number of fused-ring (bicyclic) bond motifs is 1. The van der Waals surface area contributed by atoms with Gasteiger partial charge in [0.05, 0.1) is 32.5 Å². The molecule has 5 nitrogen and oxygen atoms in total. The van der Waals surface area contributed by atoms with Gasteiger partial charge in [-0.25, -0.2) is 4.79 Å². The van der Waals surface area contributed by atoms with Gasteiger partial charge < -0.3 is 18.9 Å². The minimum Gasteiger partial charge on any atom is -0.497 e. The van der Waals surface area contributed by atoms with Crippen molar-refractivity contribution in [2.45, 2.75) is 0 Å². The van der Waals surface area contributed by atoms with Crippen LogP contribution >= 0.6 is 0 Å². The van der Waals surface area contributed by atoms with Crippen LogP contribution in [0.25, 0.3) is 22.6 Å². The number of cyclic esters (lactones) is 1. The molecule has 146 valence electrons. The minimum atomic E-state index is -0.431. The number of rotatable bonds is 5. The summed E-state index contributed by atoms with van der Waals surface area (Å²) < 4.78 is 21.8. The van der Waals surface area contributed by atoms with Gasteiger partial charge in [0.1, 0.15) is 23.0 Å². The summed E-state index contributed by atoms with van der Waals surface area (Å²) in [6, 6.07) is 17.2. The minimum absolute atomic E-state index is 0.413. The molecule has 1 heterocycles. The Kier molecular flexibility index (Phi) is 4.96. The third kappa shape index (κ3) is 3.43. The monoisotopic (exact) mass is 388 g/mol. The SMILES string of the molecule is COc1ccc(OC)c(C2=CC(=Cc3c(OC)ccc4ccccc34)C(=O)O2)c1. The summed E-state index contributed by atoms with van der Waals surface area (Å²) in [5.41, 5.74) is 1.90. The highest BCUT2D eigenvalue weighted by atomic mass is 16.5. The molecule has 0 saturated heterocycles. The Balaban J connectivity index is 1.84. The fourth-order valence-electron chi connectivity index (χ4n) is 3.39. The number of hydrogen-bond acceptors (Lipinski definition) is 5. The first-order chi connectivity index (χ1) is 14.1. The molecule has 3 aromatic carbocycles. The van der Waals surface area contributed by atoms with E-state index in [2.05, 4.69) is 0 Å². The zero-order valence-electron chi connectivity index (χ0n) is 16.4. The summed E-state index contributed by atoms with van der Waals surface area (Å²) in [6.45, 7) is 0. The molecule has 0 radical (unpaired) electrons. The molecule has 0 atom stereocenters. The van der Waals surface area contributed by atoms with Crippen LogP contribution in [0.15, 0.2) is 66.2 Å². The van der Waals surface area contributed by atoms with Crippen LogP contribution in [-0.4, -0.2) is 27.3 Å². The second kappa shape index (κ2) is 7.72. The third-order valence-electron chi connectivity index (χ3n) is 4.85. The Labute approximate surface area is 168 Å². The molecule has 0 N–H and O–H groups in total. The van der Waals surface area contributed by atoms with Crippen molar-refractivity contribution < 1.29 is 23.7 Å². The predicted molar refractivity (Wildman–Crippen MR) is 112 cm³/mol. The van der Waals surface area contributed by atoms with Crippen LogP contribution in [0.1, 0.15) is 11.1 Å². The van der Waals surface area contributed by atoms with E-state index in [1.165, 1.54) is 0 Å². The lowest BCUT2D eigenvalue weighted by Crippen LogP contribution is -1.99. The Bertz CT molecular complexity index is 1160. The Morgan fingerprint density at radius 3 is 2.38 bits per heavy atom. The Morgan fingerprint density at radius 1 is 0.862 bits per heavy atom. The van der Waals surface area contributed by atoms with E-state index in [1.807, 2.05) is 36.4 Å². The molecule has 0 spiro atoms. The molecule has 4 rings (SSSR count). The maximum Gasteiger partial charge on any atom is 0.343 e. The van der Waals surface area contributed by atoms with Gasteiger partial charge in [0.2, 0.25) is 0 Å². The van der Waals surface area contributed by atoms with Crippen LogP contribution < -0.4 is 14.2 Å². The van der Waals surface area contributed by atoms with Gasteiger partial charge in [-0.2, -0.15) is 0 Å². The molecule has 1 aliphatic rings. The molecule has 0 aromatic heterocycles. The van der Waals surface area contributed by atoms with Crippen LogP contribution in [0.4, 0.5) is 0 Å². The maximum atomic E-state index is 12.6. The average Bonchev–Trinajstić information content (AvgIpc) is 3.13. The molecule has 29 heavy (non-hydrogen) atoms. The molecule has 0 saturated carbocycles. The van der Waals surface area contributed by atoms with Crippen molar-refractivity contribution in [2.24, 2.45) is 0 Å².